The average Bonchev–Trinajstić information content (AvgIpc) is 2.41. The molecular formula is C16H24ClFN2O. The number of amides is 1. The molecule has 118 valence electrons. The van der Waals surface area contributed by atoms with Crippen molar-refractivity contribution < 1.29 is 9.18 Å². The Hall–Kier alpha value is -1.13. The zero-order valence-corrected chi connectivity index (χ0v) is 13.6. The van der Waals surface area contributed by atoms with E-state index in [1.54, 1.807) is 32.0 Å². The van der Waals surface area contributed by atoms with Gasteiger partial charge >= 0.3 is 0 Å². The van der Waals surface area contributed by atoms with Crippen LogP contribution in [0, 0.1) is 5.82 Å². The summed E-state index contributed by atoms with van der Waals surface area (Å²) in [5, 5.41) is 6.42. The molecule has 1 aromatic rings. The number of halogens is 2. The summed E-state index contributed by atoms with van der Waals surface area (Å²) < 4.78 is 13.9. The molecule has 2 atom stereocenters. The molecule has 5 heteroatoms. The SMILES string of the molecule is CC1NCCCC1NC(=O)C(C)(C)c1ccccc1F.Cl. The zero-order chi connectivity index (χ0) is 14.8. The highest BCUT2D eigenvalue weighted by molar-refractivity contribution is 5.87. The highest BCUT2D eigenvalue weighted by Gasteiger charge is 2.34. The molecule has 0 bridgehead atoms. The maximum atomic E-state index is 13.9. The Labute approximate surface area is 132 Å². The third-order valence-electron chi connectivity index (χ3n) is 4.19. The van der Waals surface area contributed by atoms with Gasteiger partial charge in [0.05, 0.1) is 5.41 Å². The first kappa shape index (κ1) is 17.9. The van der Waals surface area contributed by atoms with Gasteiger partial charge in [-0.25, -0.2) is 4.39 Å². The molecule has 1 amide bonds. The Balaban J connectivity index is 0.00000220. The summed E-state index contributed by atoms with van der Waals surface area (Å²) in [6.45, 7) is 6.59. The van der Waals surface area contributed by atoms with E-state index in [2.05, 4.69) is 17.6 Å². The molecule has 2 unspecified atom stereocenters. The van der Waals surface area contributed by atoms with E-state index in [1.807, 2.05) is 0 Å². The number of hydrogen-bond acceptors (Lipinski definition) is 2. The summed E-state index contributed by atoms with van der Waals surface area (Å²) in [5.74, 6) is -0.453. The molecule has 2 rings (SSSR count). The van der Waals surface area contributed by atoms with Crippen LogP contribution < -0.4 is 10.6 Å². The predicted molar refractivity (Wildman–Crippen MR) is 85.3 cm³/mol. The standard InChI is InChI=1S/C16H23FN2O.ClH/c1-11-14(9-6-10-18-11)19-15(20)16(2,3)12-7-4-5-8-13(12)17;/h4-5,7-8,11,14,18H,6,9-10H2,1-3H3,(H,19,20);1H. The van der Waals surface area contributed by atoms with Crippen molar-refractivity contribution in [3.8, 4) is 0 Å². The Morgan fingerprint density at radius 1 is 1.38 bits per heavy atom. The second kappa shape index (κ2) is 7.23. The fraction of sp³-hybridized carbons (Fsp3) is 0.562. The van der Waals surface area contributed by atoms with E-state index in [-0.39, 0.29) is 36.2 Å². The summed E-state index contributed by atoms with van der Waals surface area (Å²) in [7, 11) is 0. The van der Waals surface area contributed by atoms with Crippen LogP contribution in [-0.4, -0.2) is 24.5 Å². The van der Waals surface area contributed by atoms with Crippen molar-refractivity contribution in [1.29, 1.82) is 0 Å². The van der Waals surface area contributed by atoms with E-state index in [0.717, 1.165) is 19.4 Å². The minimum atomic E-state index is -0.873. The molecule has 2 N–H and O–H groups in total. The lowest BCUT2D eigenvalue weighted by Gasteiger charge is -2.34. The molecular weight excluding hydrogens is 291 g/mol. The molecule has 1 aromatic carbocycles. The maximum Gasteiger partial charge on any atom is 0.230 e. The summed E-state index contributed by atoms with van der Waals surface area (Å²) in [5.41, 5.74) is -0.434. The third-order valence-corrected chi connectivity index (χ3v) is 4.19. The molecule has 0 aliphatic carbocycles. The average molecular weight is 315 g/mol. The van der Waals surface area contributed by atoms with Gasteiger partial charge in [-0.1, -0.05) is 18.2 Å². The number of hydrogen-bond donors (Lipinski definition) is 2. The van der Waals surface area contributed by atoms with Crippen LogP contribution in [0.2, 0.25) is 0 Å². The molecule has 0 saturated carbocycles. The highest BCUT2D eigenvalue weighted by Crippen LogP contribution is 2.26. The van der Waals surface area contributed by atoms with Crippen molar-refractivity contribution in [2.24, 2.45) is 0 Å². The van der Waals surface area contributed by atoms with Crippen LogP contribution in [0.3, 0.4) is 0 Å². The number of rotatable bonds is 3. The van der Waals surface area contributed by atoms with Crippen LogP contribution in [0.5, 0.6) is 0 Å². The summed E-state index contributed by atoms with van der Waals surface area (Å²) in [6, 6.07) is 6.84. The summed E-state index contributed by atoms with van der Waals surface area (Å²) >= 11 is 0. The van der Waals surface area contributed by atoms with Crippen molar-refractivity contribution >= 4 is 18.3 Å². The molecule has 3 nitrogen and oxygen atoms in total. The van der Waals surface area contributed by atoms with Crippen LogP contribution in [0.1, 0.15) is 39.2 Å². The van der Waals surface area contributed by atoms with Gasteiger partial charge in [0.2, 0.25) is 5.91 Å². The summed E-state index contributed by atoms with van der Waals surface area (Å²) in [4.78, 5) is 12.5. The maximum absolute atomic E-state index is 13.9. The van der Waals surface area contributed by atoms with Gasteiger partial charge in [-0.3, -0.25) is 4.79 Å². The molecule has 1 heterocycles. The highest BCUT2D eigenvalue weighted by atomic mass is 35.5. The smallest absolute Gasteiger partial charge is 0.230 e. The Morgan fingerprint density at radius 2 is 2.05 bits per heavy atom. The first-order chi connectivity index (χ1) is 9.43. The first-order valence-corrected chi connectivity index (χ1v) is 7.22. The molecule has 1 fully saturated rings. The lowest BCUT2D eigenvalue weighted by atomic mass is 9.82. The monoisotopic (exact) mass is 314 g/mol. The van der Waals surface area contributed by atoms with Gasteiger partial charge in [0.15, 0.2) is 0 Å². The van der Waals surface area contributed by atoms with Gasteiger partial charge in [-0.15, -0.1) is 12.4 Å². The van der Waals surface area contributed by atoms with Crippen molar-refractivity contribution in [2.75, 3.05) is 6.54 Å². The number of carbonyl (C=O) groups excluding carboxylic acids is 1. The fourth-order valence-corrected chi connectivity index (χ4v) is 2.68. The molecule has 21 heavy (non-hydrogen) atoms. The quantitative estimate of drug-likeness (QED) is 0.901. The van der Waals surface area contributed by atoms with Crippen molar-refractivity contribution in [1.82, 2.24) is 10.6 Å². The van der Waals surface area contributed by atoms with Gasteiger partial charge in [0.25, 0.3) is 0 Å². The Morgan fingerprint density at radius 3 is 2.67 bits per heavy atom. The van der Waals surface area contributed by atoms with E-state index in [0.29, 0.717) is 5.56 Å². The summed E-state index contributed by atoms with van der Waals surface area (Å²) in [6.07, 6.45) is 2.02. The zero-order valence-electron chi connectivity index (χ0n) is 12.8. The minimum absolute atomic E-state index is 0. The molecule has 1 saturated heterocycles. The second-order valence-corrected chi connectivity index (χ2v) is 6.07. The molecule has 1 aliphatic heterocycles. The van der Waals surface area contributed by atoms with E-state index in [4.69, 9.17) is 0 Å². The van der Waals surface area contributed by atoms with Gasteiger partial charge in [-0.2, -0.15) is 0 Å². The Bertz CT molecular complexity index is 493. The lowest BCUT2D eigenvalue weighted by molar-refractivity contribution is -0.126. The van der Waals surface area contributed by atoms with Gasteiger partial charge in [0, 0.05) is 17.6 Å². The Kier molecular flexibility index (Phi) is 6.17. The fourth-order valence-electron chi connectivity index (χ4n) is 2.68. The van der Waals surface area contributed by atoms with E-state index in [9.17, 15) is 9.18 Å². The van der Waals surface area contributed by atoms with Crippen LogP contribution in [-0.2, 0) is 10.2 Å². The van der Waals surface area contributed by atoms with Gasteiger partial charge < -0.3 is 10.6 Å². The van der Waals surface area contributed by atoms with E-state index < -0.39 is 5.41 Å². The largest absolute Gasteiger partial charge is 0.351 e. The number of benzene rings is 1. The minimum Gasteiger partial charge on any atom is -0.351 e. The van der Waals surface area contributed by atoms with Crippen LogP contribution in [0.4, 0.5) is 4.39 Å². The van der Waals surface area contributed by atoms with E-state index in [1.165, 1.54) is 6.07 Å². The molecule has 1 aliphatic rings. The van der Waals surface area contributed by atoms with E-state index >= 15 is 0 Å². The van der Waals surface area contributed by atoms with Crippen LogP contribution in [0.15, 0.2) is 24.3 Å². The van der Waals surface area contributed by atoms with Crippen molar-refractivity contribution in [3.05, 3.63) is 35.6 Å². The molecule has 0 spiro atoms. The lowest BCUT2D eigenvalue weighted by Crippen LogP contribution is -2.55. The molecule has 0 radical (unpaired) electrons. The van der Waals surface area contributed by atoms with Crippen molar-refractivity contribution in [2.45, 2.75) is 51.1 Å². The number of nitrogens with one attached hydrogen (secondary N) is 2. The predicted octanol–water partition coefficient (Wildman–Crippen LogP) is 2.78. The number of carbonyl (C=O) groups is 1. The van der Waals surface area contributed by atoms with Gasteiger partial charge in [0.1, 0.15) is 5.82 Å². The van der Waals surface area contributed by atoms with Crippen LogP contribution in [0.25, 0.3) is 0 Å². The first-order valence-electron chi connectivity index (χ1n) is 7.22. The van der Waals surface area contributed by atoms with Gasteiger partial charge in [-0.05, 0) is 46.2 Å². The topological polar surface area (TPSA) is 41.1 Å². The van der Waals surface area contributed by atoms with Crippen molar-refractivity contribution in [3.63, 3.8) is 0 Å². The number of piperidine rings is 1. The normalized spacial score (nSPS) is 22.3. The van der Waals surface area contributed by atoms with Crippen LogP contribution >= 0.6 is 12.4 Å². The third kappa shape index (κ3) is 3.95. The second-order valence-electron chi connectivity index (χ2n) is 6.07. The molecule has 0 aromatic heterocycles.